The first-order valence-corrected chi connectivity index (χ1v) is 8.37. The maximum absolute atomic E-state index is 9.93. The van der Waals surface area contributed by atoms with Gasteiger partial charge in [-0.1, -0.05) is 64.9 Å². The first-order chi connectivity index (χ1) is 10.2. The zero-order valence-corrected chi connectivity index (χ0v) is 13.5. The summed E-state index contributed by atoms with van der Waals surface area (Å²) >= 11 is 0. The van der Waals surface area contributed by atoms with Gasteiger partial charge < -0.3 is 14.9 Å². The van der Waals surface area contributed by atoms with E-state index in [1.807, 2.05) is 6.07 Å². The summed E-state index contributed by atoms with van der Waals surface area (Å²) in [6.45, 7) is 4.91. The van der Waals surface area contributed by atoms with Gasteiger partial charge in [0.15, 0.2) is 11.5 Å². The lowest BCUT2D eigenvalue weighted by atomic mass is 10.1. The zero-order chi connectivity index (χ0) is 15.5. The average molecular weight is 294 g/mol. The van der Waals surface area contributed by atoms with Crippen LogP contribution in [0.3, 0.4) is 0 Å². The Bertz CT molecular complexity index is 402. The van der Waals surface area contributed by atoms with Crippen LogP contribution in [-0.2, 0) is 6.42 Å². The SMILES string of the molecule is CCCCCCCCCOc1c(CCC)ccc(O)c1O. The minimum absolute atomic E-state index is 0.107. The molecule has 120 valence electrons. The van der Waals surface area contributed by atoms with Crippen LogP contribution in [0.2, 0.25) is 0 Å². The van der Waals surface area contributed by atoms with Gasteiger partial charge in [0.05, 0.1) is 6.61 Å². The van der Waals surface area contributed by atoms with E-state index in [1.54, 1.807) is 0 Å². The second-order valence-electron chi connectivity index (χ2n) is 5.64. The van der Waals surface area contributed by atoms with E-state index in [4.69, 9.17) is 4.74 Å². The minimum atomic E-state index is -0.121. The number of phenols is 2. The molecule has 0 atom stereocenters. The van der Waals surface area contributed by atoms with E-state index in [9.17, 15) is 10.2 Å². The number of ether oxygens (including phenoxy) is 1. The van der Waals surface area contributed by atoms with Crippen molar-refractivity contribution in [3.05, 3.63) is 17.7 Å². The van der Waals surface area contributed by atoms with Crippen LogP contribution in [0.1, 0.15) is 70.8 Å². The molecule has 0 heterocycles. The van der Waals surface area contributed by atoms with E-state index in [0.717, 1.165) is 31.2 Å². The summed E-state index contributed by atoms with van der Waals surface area (Å²) in [5, 5.41) is 19.5. The number of aryl methyl sites for hydroxylation is 1. The van der Waals surface area contributed by atoms with Gasteiger partial charge in [-0.3, -0.25) is 0 Å². The molecular weight excluding hydrogens is 264 g/mol. The van der Waals surface area contributed by atoms with E-state index >= 15 is 0 Å². The Morgan fingerprint density at radius 3 is 2.19 bits per heavy atom. The van der Waals surface area contributed by atoms with Crippen molar-refractivity contribution in [2.45, 2.75) is 71.6 Å². The Labute approximate surface area is 129 Å². The fraction of sp³-hybridized carbons (Fsp3) is 0.667. The fourth-order valence-corrected chi connectivity index (χ4v) is 2.46. The normalized spacial score (nSPS) is 10.8. The highest BCUT2D eigenvalue weighted by Crippen LogP contribution is 2.38. The van der Waals surface area contributed by atoms with Gasteiger partial charge in [-0.05, 0) is 24.5 Å². The largest absolute Gasteiger partial charge is 0.504 e. The minimum Gasteiger partial charge on any atom is -0.504 e. The number of benzene rings is 1. The van der Waals surface area contributed by atoms with Crippen molar-refractivity contribution >= 4 is 0 Å². The Morgan fingerprint density at radius 2 is 1.52 bits per heavy atom. The van der Waals surface area contributed by atoms with E-state index in [1.165, 1.54) is 38.2 Å². The number of hydrogen-bond donors (Lipinski definition) is 2. The van der Waals surface area contributed by atoms with Gasteiger partial charge in [0.25, 0.3) is 0 Å². The molecule has 1 aromatic rings. The zero-order valence-electron chi connectivity index (χ0n) is 13.5. The van der Waals surface area contributed by atoms with Crippen LogP contribution in [0.25, 0.3) is 0 Å². The van der Waals surface area contributed by atoms with Gasteiger partial charge in [0, 0.05) is 0 Å². The van der Waals surface area contributed by atoms with Gasteiger partial charge in [0.2, 0.25) is 5.75 Å². The first-order valence-electron chi connectivity index (χ1n) is 8.37. The standard InChI is InChI=1S/C18H30O3/c1-3-5-6-7-8-9-10-14-21-18-15(11-4-2)12-13-16(19)17(18)20/h12-13,19-20H,3-11,14H2,1-2H3. The van der Waals surface area contributed by atoms with Crippen molar-refractivity contribution in [3.8, 4) is 17.2 Å². The maximum atomic E-state index is 9.93. The van der Waals surface area contributed by atoms with Crippen molar-refractivity contribution in [2.24, 2.45) is 0 Å². The Hall–Kier alpha value is -1.38. The molecule has 2 N–H and O–H groups in total. The molecule has 0 bridgehead atoms. The van der Waals surface area contributed by atoms with Gasteiger partial charge in [0.1, 0.15) is 0 Å². The molecule has 0 saturated heterocycles. The van der Waals surface area contributed by atoms with Crippen LogP contribution >= 0.6 is 0 Å². The summed E-state index contributed by atoms with van der Waals surface area (Å²) < 4.78 is 5.72. The average Bonchev–Trinajstić information content (AvgIpc) is 2.48. The van der Waals surface area contributed by atoms with Crippen LogP contribution < -0.4 is 4.74 Å². The quantitative estimate of drug-likeness (QED) is 0.437. The third-order valence-electron chi connectivity index (χ3n) is 3.71. The molecule has 3 heteroatoms. The molecular formula is C18H30O3. The fourth-order valence-electron chi connectivity index (χ4n) is 2.46. The van der Waals surface area contributed by atoms with E-state index < -0.39 is 0 Å². The van der Waals surface area contributed by atoms with Crippen molar-refractivity contribution in [2.75, 3.05) is 6.61 Å². The highest BCUT2D eigenvalue weighted by Gasteiger charge is 2.13. The molecule has 1 aromatic carbocycles. The van der Waals surface area contributed by atoms with Crippen molar-refractivity contribution < 1.29 is 14.9 Å². The summed E-state index contributed by atoms with van der Waals surface area (Å²) in [6.07, 6.45) is 10.5. The van der Waals surface area contributed by atoms with Crippen LogP contribution in [0.5, 0.6) is 17.2 Å². The molecule has 0 saturated carbocycles. The monoisotopic (exact) mass is 294 g/mol. The summed E-state index contributed by atoms with van der Waals surface area (Å²) in [6, 6.07) is 3.36. The smallest absolute Gasteiger partial charge is 0.200 e. The molecule has 0 unspecified atom stereocenters. The lowest BCUT2D eigenvalue weighted by Gasteiger charge is -2.13. The number of phenolic OH excluding ortho intramolecular Hbond substituents is 2. The third kappa shape index (κ3) is 6.28. The van der Waals surface area contributed by atoms with Gasteiger partial charge in [-0.2, -0.15) is 0 Å². The predicted molar refractivity (Wildman–Crippen MR) is 87.3 cm³/mol. The number of rotatable bonds is 11. The molecule has 0 aliphatic rings. The molecule has 0 aromatic heterocycles. The first kappa shape index (κ1) is 17.7. The maximum Gasteiger partial charge on any atom is 0.200 e. The number of unbranched alkanes of at least 4 members (excludes halogenated alkanes) is 6. The topological polar surface area (TPSA) is 49.7 Å². The number of aromatic hydroxyl groups is 2. The second kappa shape index (κ2) is 10.4. The van der Waals surface area contributed by atoms with E-state index in [2.05, 4.69) is 13.8 Å². The second-order valence-corrected chi connectivity index (χ2v) is 5.64. The molecule has 3 nitrogen and oxygen atoms in total. The summed E-state index contributed by atoms with van der Waals surface area (Å²) in [4.78, 5) is 0. The van der Waals surface area contributed by atoms with Gasteiger partial charge in [-0.15, -0.1) is 0 Å². The molecule has 0 amide bonds. The molecule has 1 rings (SSSR count). The van der Waals surface area contributed by atoms with Gasteiger partial charge >= 0.3 is 0 Å². The number of hydrogen-bond acceptors (Lipinski definition) is 3. The molecule has 0 aliphatic carbocycles. The van der Waals surface area contributed by atoms with Gasteiger partial charge in [-0.25, -0.2) is 0 Å². The summed E-state index contributed by atoms with van der Waals surface area (Å²) in [7, 11) is 0. The lowest BCUT2D eigenvalue weighted by molar-refractivity contribution is 0.280. The third-order valence-corrected chi connectivity index (χ3v) is 3.71. The summed E-state index contributed by atoms with van der Waals surface area (Å²) in [5.41, 5.74) is 0.968. The molecule has 0 aliphatic heterocycles. The lowest BCUT2D eigenvalue weighted by Crippen LogP contribution is -2.01. The molecule has 21 heavy (non-hydrogen) atoms. The molecule has 0 radical (unpaired) electrons. The van der Waals surface area contributed by atoms with Crippen molar-refractivity contribution in [3.63, 3.8) is 0 Å². The Morgan fingerprint density at radius 1 is 0.857 bits per heavy atom. The van der Waals surface area contributed by atoms with Crippen molar-refractivity contribution in [1.29, 1.82) is 0 Å². The molecule has 0 spiro atoms. The van der Waals surface area contributed by atoms with Crippen LogP contribution in [0, 0.1) is 0 Å². The van der Waals surface area contributed by atoms with E-state index in [0.29, 0.717) is 12.4 Å². The summed E-state index contributed by atoms with van der Waals surface area (Å²) in [5.74, 6) is 0.233. The molecule has 0 fully saturated rings. The Kier molecular flexibility index (Phi) is 8.72. The predicted octanol–water partition coefficient (Wildman–Crippen LogP) is 5.18. The van der Waals surface area contributed by atoms with E-state index in [-0.39, 0.29) is 11.5 Å². The highest BCUT2D eigenvalue weighted by atomic mass is 16.5. The Balaban J connectivity index is 2.35. The van der Waals surface area contributed by atoms with Crippen molar-refractivity contribution in [1.82, 2.24) is 0 Å². The highest BCUT2D eigenvalue weighted by molar-refractivity contribution is 5.54. The van der Waals surface area contributed by atoms with Crippen LogP contribution in [-0.4, -0.2) is 16.8 Å². The van der Waals surface area contributed by atoms with Crippen LogP contribution in [0.15, 0.2) is 12.1 Å². The van der Waals surface area contributed by atoms with Crippen LogP contribution in [0.4, 0.5) is 0 Å².